The molecule has 0 fully saturated rings. The molecule has 0 atom stereocenters. The fraction of sp³-hybridized carbons (Fsp3) is 0.174. The molecule has 0 spiro atoms. The zero-order valence-electron chi connectivity index (χ0n) is 18.0. The van der Waals surface area contributed by atoms with E-state index in [9.17, 15) is 14.0 Å². The largest absolute Gasteiger partial charge is 0.478 e. The van der Waals surface area contributed by atoms with Gasteiger partial charge in [-0.05, 0) is 41.8 Å². The highest BCUT2D eigenvalue weighted by atomic mass is 19.1. The third-order valence-corrected chi connectivity index (χ3v) is 5.17. The Morgan fingerprint density at radius 3 is 2.48 bits per heavy atom. The van der Waals surface area contributed by atoms with E-state index < -0.39 is 11.9 Å². The van der Waals surface area contributed by atoms with Crippen LogP contribution in [0.3, 0.4) is 0 Å². The van der Waals surface area contributed by atoms with Gasteiger partial charge in [0.1, 0.15) is 23.2 Å². The van der Waals surface area contributed by atoms with E-state index >= 15 is 0 Å². The van der Waals surface area contributed by atoms with Crippen LogP contribution in [0, 0.1) is 12.7 Å². The molecule has 10 heteroatoms. The summed E-state index contributed by atoms with van der Waals surface area (Å²) in [6, 6.07) is 11.2. The van der Waals surface area contributed by atoms with E-state index in [0.717, 1.165) is 11.1 Å². The molecule has 0 aliphatic carbocycles. The Bertz CT molecular complexity index is 1350. The Kier molecular flexibility index (Phi) is 5.99. The number of carbonyl (C=O) groups excluding carboxylic acids is 1. The van der Waals surface area contributed by atoms with Gasteiger partial charge in [0, 0.05) is 20.1 Å². The molecule has 2 aromatic carbocycles. The van der Waals surface area contributed by atoms with E-state index in [0.29, 0.717) is 29.0 Å². The molecule has 9 nitrogen and oxygen atoms in total. The Labute approximate surface area is 188 Å². The molecule has 4 rings (SSSR count). The number of aryl methyl sites for hydroxylation is 2. The highest BCUT2D eigenvalue weighted by Gasteiger charge is 2.19. The summed E-state index contributed by atoms with van der Waals surface area (Å²) in [5.41, 5.74) is 3.47. The van der Waals surface area contributed by atoms with Crippen LogP contribution >= 0.6 is 0 Å². The lowest BCUT2D eigenvalue weighted by molar-refractivity contribution is 0.0696. The summed E-state index contributed by atoms with van der Waals surface area (Å²) in [7, 11) is 1.69. The zero-order valence-corrected chi connectivity index (χ0v) is 18.0. The first kappa shape index (κ1) is 21.9. The second kappa shape index (κ2) is 9.03. The van der Waals surface area contributed by atoms with Gasteiger partial charge in [-0.1, -0.05) is 24.3 Å². The third kappa shape index (κ3) is 4.64. The summed E-state index contributed by atoms with van der Waals surface area (Å²) in [4.78, 5) is 32.2. The zero-order chi connectivity index (χ0) is 23.5. The molecule has 0 saturated carbocycles. The van der Waals surface area contributed by atoms with Crippen molar-refractivity contribution >= 4 is 28.7 Å². The fourth-order valence-electron chi connectivity index (χ4n) is 3.42. The van der Waals surface area contributed by atoms with E-state index in [4.69, 9.17) is 5.11 Å². The molecule has 3 N–H and O–H groups in total. The van der Waals surface area contributed by atoms with Crippen LogP contribution in [0.4, 0.5) is 10.2 Å². The molecule has 33 heavy (non-hydrogen) atoms. The minimum absolute atomic E-state index is 0.174. The van der Waals surface area contributed by atoms with Crippen molar-refractivity contribution in [3.8, 4) is 0 Å². The summed E-state index contributed by atoms with van der Waals surface area (Å²) >= 11 is 0. The van der Waals surface area contributed by atoms with Crippen LogP contribution in [0.15, 0.2) is 48.8 Å². The van der Waals surface area contributed by atoms with Gasteiger partial charge in [-0.2, -0.15) is 5.10 Å². The standard InChI is InChI=1S/C23H21FN6O3/c1-13-9-15(5-8-17(13)24)11-26-22(31)19-20-18(27-12-28-19)21(29-30(20)2)25-10-14-3-6-16(7-4-14)23(32)33/h3-9,12H,10-11H2,1-2H3,(H,25,29)(H,26,31)(H,32,33). The molecule has 0 bridgehead atoms. The smallest absolute Gasteiger partial charge is 0.335 e. The molecular formula is C23H21FN6O3. The average Bonchev–Trinajstić information content (AvgIpc) is 3.14. The molecule has 2 aromatic heterocycles. The number of carboxylic acid groups (broad SMARTS) is 1. The van der Waals surface area contributed by atoms with Gasteiger partial charge < -0.3 is 15.7 Å². The van der Waals surface area contributed by atoms with Gasteiger partial charge in [0.15, 0.2) is 11.5 Å². The number of nitrogens with zero attached hydrogens (tertiary/aromatic N) is 4. The number of halogens is 1. The summed E-state index contributed by atoms with van der Waals surface area (Å²) < 4.78 is 15.0. The Hall–Kier alpha value is -4.34. The quantitative estimate of drug-likeness (QED) is 0.397. The SMILES string of the molecule is Cc1cc(CNC(=O)c2ncnc3c(NCc4ccc(C(=O)O)cc4)nn(C)c23)ccc1F. The summed E-state index contributed by atoms with van der Waals surface area (Å²) in [5.74, 6) is -1.21. The van der Waals surface area contributed by atoms with Gasteiger partial charge in [-0.15, -0.1) is 0 Å². The molecule has 0 unspecified atom stereocenters. The van der Waals surface area contributed by atoms with Crippen molar-refractivity contribution in [1.82, 2.24) is 25.1 Å². The van der Waals surface area contributed by atoms with Gasteiger partial charge in [-0.25, -0.2) is 19.2 Å². The first-order valence-electron chi connectivity index (χ1n) is 10.1. The van der Waals surface area contributed by atoms with Crippen molar-refractivity contribution in [1.29, 1.82) is 0 Å². The lowest BCUT2D eigenvalue weighted by atomic mass is 10.1. The van der Waals surface area contributed by atoms with E-state index in [1.54, 1.807) is 38.2 Å². The van der Waals surface area contributed by atoms with Crippen LogP contribution < -0.4 is 10.6 Å². The molecule has 4 aromatic rings. The molecule has 0 aliphatic rings. The average molecular weight is 448 g/mol. The second-order valence-electron chi connectivity index (χ2n) is 7.51. The number of benzene rings is 2. The second-order valence-corrected chi connectivity index (χ2v) is 7.51. The molecule has 0 aliphatic heterocycles. The molecule has 2 heterocycles. The van der Waals surface area contributed by atoms with Crippen LogP contribution in [-0.4, -0.2) is 36.7 Å². The topological polar surface area (TPSA) is 122 Å². The number of hydrogen-bond donors (Lipinski definition) is 3. The number of amides is 1. The number of hydrogen-bond acceptors (Lipinski definition) is 6. The number of fused-ring (bicyclic) bond motifs is 1. The third-order valence-electron chi connectivity index (χ3n) is 5.17. The minimum atomic E-state index is -0.984. The Morgan fingerprint density at radius 2 is 1.79 bits per heavy atom. The van der Waals surface area contributed by atoms with Gasteiger partial charge in [-0.3, -0.25) is 9.48 Å². The van der Waals surface area contributed by atoms with Crippen molar-refractivity contribution in [3.05, 3.63) is 82.6 Å². The number of carbonyl (C=O) groups is 2. The molecular weight excluding hydrogens is 427 g/mol. The highest BCUT2D eigenvalue weighted by molar-refractivity contribution is 6.05. The number of rotatable bonds is 7. The van der Waals surface area contributed by atoms with E-state index in [1.807, 2.05) is 0 Å². The summed E-state index contributed by atoms with van der Waals surface area (Å²) in [6.07, 6.45) is 1.30. The number of aromatic carboxylic acids is 1. The first-order valence-corrected chi connectivity index (χ1v) is 10.1. The number of anilines is 1. The maximum atomic E-state index is 13.5. The highest BCUT2D eigenvalue weighted by Crippen LogP contribution is 2.22. The van der Waals surface area contributed by atoms with Crippen LogP contribution in [-0.2, 0) is 20.1 Å². The van der Waals surface area contributed by atoms with Gasteiger partial charge in [0.25, 0.3) is 5.91 Å². The lowest BCUT2D eigenvalue weighted by Crippen LogP contribution is -2.24. The van der Waals surface area contributed by atoms with Crippen LogP contribution in [0.25, 0.3) is 11.0 Å². The first-order chi connectivity index (χ1) is 15.8. The number of carboxylic acids is 1. The fourth-order valence-corrected chi connectivity index (χ4v) is 3.42. The van der Waals surface area contributed by atoms with E-state index in [-0.39, 0.29) is 23.6 Å². The van der Waals surface area contributed by atoms with Crippen LogP contribution in [0.1, 0.15) is 37.5 Å². The van der Waals surface area contributed by atoms with Crippen molar-refractivity contribution in [3.63, 3.8) is 0 Å². The summed E-state index contributed by atoms with van der Waals surface area (Å²) in [6.45, 7) is 2.28. The van der Waals surface area contributed by atoms with Crippen molar-refractivity contribution in [2.75, 3.05) is 5.32 Å². The molecule has 0 saturated heterocycles. The van der Waals surface area contributed by atoms with Crippen LogP contribution in [0.2, 0.25) is 0 Å². The van der Waals surface area contributed by atoms with Crippen molar-refractivity contribution < 1.29 is 19.1 Å². The predicted octanol–water partition coefficient (Wildman–Crippen LogP) is 3.05. The maximum absolute atomic E-state index is 13.5. The minimum Gasteiger partial charge on any atom is -0.478 e. The maximum Gasteiger partial charge on any atom is 0.335 e. The van der Waals surface area contributed by atoms with Gasteiger partial charge in [0.05, 0.1) is 5.56 Å². The van der Waals surface area contributed by atoms with Crippen molar-refractivity contribution in [2.45, 2.75) is 20.0 Å². The number of aromatic nitrogens is 4. The van der Waals surface area contributed by atoms with Crippen LogP contribution in [0.5, 0.6) is 0 Å². The van der Waals surface area contributed by atoms with E-state index in [1.165, 1.54) is 29.2 Å². The summed E-state index contributed by atoms with van der Waals surface area (Å²) in [5, 5.41) is 19.4. The predicted molar refractivity (Wildman–Crippen MR) is 119 cm³/mol. The Morgan fingerprint density at radius 1 is 1.06 bits per heavy atom. The van der Waals surface area contributed by atoms with Gasteiger partial charge >= 0.3 is 5.97 Å². The van der Waals surface area contributed by atoms with Crippen molar-refractivity contribution in [2.24, 2.45) is 7.05 Å². The van der Waals surface area contributed by atoms with E-state index in [2.05, 4.69) is 25.7 Å². The Balaban J connectivity index is 1.51. The molecule has 168 valence electrons. The normalized spacial score (nSPS) is 10.9. The monoisotopic (exact) mass is 448 g/mol. The van der Waals surface area contributed by atoms with Gasteiger partial charge in [0.2, 0.25) is 0 Å². The lowest BCUT2D eigenvalue weighted by Gasteiger charge is -2.07. The molecule has 0 radical (unpaired) electrons. The number of nitrogens with one attached hydrogen (secondary N) is 2. The molecule has 1 amide bonds.